The third-order valence-corrected chi connectivity index (χ3v) is 9.33. The summed E-state index contributed by atoms with van der Waals surface area (Å²) in [5, 5.41) is 26.9. The van der Waals surface area contributed by atoms with Crippen LogP contribution in [0.2, 0.25) is 0 Å². The van der Waals surface area contributed by atoms with Crippen molar-refractivity contribution in [3.63, 3.8) is 0 Å². The first kappa shape index (κ1) is 34.1. The number of azo groups is 2. The van der Waals surface area contributed by atoms with Crippen molar-refractivity contribution in [2.24, 2.45) is 30.7 Å². The monoisotopic (exact) mass is 714 g/mol. The van der Waals surface area contributed by atoms with E-state index in [2.05, 4.69) is 30.7 Å². The van der Waals surface area contributed by atoms with Crippen molar-refractivity contribution in [2.75, 3.05) is 10.0 Å². The second kappa shape index (κ2) is 13.2. The lowest BCUT2D eigenvalue weighted by Gasteiger charge is -2.13. The molecule has 0 aliphatic carbocycles. The number of rotatable bonds is 9. The van der Waals surface area contributed by atoms with E-state index in [1.165, 1.54) is 22.2 Å². The molecule has 0 spiro atoms. The van der Waals surface area contributed by atoms with Crippen molar-refractivity contribution in [1.29, 1.82) is 0 Å². The van der Waals surface area contributed by atoms with Crippen molar-refractivity contribution >= 4 is 66.2 Å². The molecular formula is C32H26N8O8S2. The van der Waals surface area contributed by atoms with Crippen molar-refractivity contribution in [3.8, 4) is 11.1 Å². The van der Waals surface area contributed by atoms with Gasteiger partial charge in [-0.15, -0.1) is 0 Å². The zero-order valence-electron chi connectivity index (χ0n) is 26.1. The Kier molecular flexibility index (Phi) is 9.02. The highest BCUT2D eigenvalue weighted by molar-refractivity contribution is 7.86. The van der Waals surface area contributed by atoms with Crippen LogP contribution in [-0.2, 0) is 29.8 Å². The molecule has 4 aromatic rings. The van der Waals surface area contributed by atoms with E-state index in [4.69, 9.17) is 0 Å². The maximum Gasteiger partial charge on any atom is 0.295 e. The number of para-hydroxylation sites is 2. The number of anilines is 2. The molecule has 0 bridgehead atoms. The van der Waals surface area contributed by atoms with Gasteiger partial charge in [0.05, 0.1) is 34.2 Å². The van der Waals surface area contributed by atoms with Gasteiger partial charge >= 0.3 is 0 Å². The predicted octanol–water partition coefficient (Wildman–Crippen LogP) is 5.60. The van der Waals surface area contributed by atoms with Crippen LogP contribution in [0.3, 0.4) is 0 Å². The van der Waals surface area contributed by atoms with Crippen LogP contribution in [0.5, 0.6) is 0 Å². The largest absolute Gasteiger partial charge is 0.295 e. The molecule has 2 N–H and O–H groups in total. The molecule has 2 aliphatic heterocycles. The van der Waals surface area contributed by atoms with Crippen LogP contribution in [0.15, 0.2) is 138 Å². The number of hydrazone groups is 2. The average Bonchev–Trinajstić information content (AvgIpc) is 3.54. The molecular weight excluding hydrogens is 689 g/mol. The SMILES string of the molecule is CC1=NN(c2ccccc2)C(=O)C1N=Nc1ccc(-c2ccc(N=NC3C(=O)N(c4ccccc4)N=C3C)cc2S(=O)(=O)O)c(S(=O)(=O)O)c1. The third-order valence-electron chi connectivity index (χ3n) is 7.55. The van der Waals surface area contributed by atoms with Gasteiger partial charge < -0.3 is 0 Å². The summed E-state index contributed by atoms with van der Waals surface area (Å²) in [5.74, 6) is -0.986. The Hall–Kier alpha value is -5.82. The molecule has 2 amide bonds. The van der Waals surface area contributed by atoms with Gasteiger partial charge in [-0.05, 0) is 62.4 Å². The summed E-state index contributed by atoms with van der Waals surface area (Å²) >= 11 is 0. The van der Waals surface area contributed by atoms with Gasteiger partial charge in [-0.1, -0.05) is 48.5 Å². The Morgan fingerprint density at radius 3 is 1.28 bits per heavy atom. The van der Waals surface area contributed by atoms with Crippen molar-refractivity contribution in [2.45, 2.75) is 35.7 Å². The Morgan fingerprint density at radius 2 is 0.940 bits per heavy atom. The summed E-state index contributed by atoms with van der Waals surface area (Å²) in [6.07, 6.45) is 0. The van der Waals surface area contributed by atoms with Gasteiger partial charge in [0.2, 0.25) is 0 Å². The standard InChI is InChI=1S/C32H26N8O8S2/c1-19-29(31(41)39(37-19)23-9-5-3-6-10-23)35-33-21-13-15-25(27(17-21)49(43,44)45)26-16-14-22(18-28(26)50(46,47)48)34-36-30-20(2)38-40(32(30)42)24-11-7-4-8-12-24/h3-18,29-30H,1-2H3,(H,43,44,45)(H,46,47,48). The molecule has 2 aliphatic rings. The Morgan fingerprint density at radius 1 is 0.580 bits per heavy atom. The number of carbonyl (C=O) groups excluding carboxylic acids is 2. The highest BCUT2D eigenvalue weighted by atomic mass is 32.2. The number of benzene rings is 4. The minimum atomic E-state index is -5.02. The number of amides is 2. The number of hydrogen-bond donors (Lipinski definition) is 2. The topological polar surface area (TPSA) is 224 Å². The van der Waals surface area contributed by atoms with Gasteiger partial charge in [0.25, 0.3) is 32.1 Å². The molecule has 0 saturated heterocycles. The lowest BCUT2D eigenvalue weighted by atomic mass is 10.0. The number of hydrogen-bond acceptors (Lipinski definition) is 12. The average molecular weight is 715 g/mol. The first-order valence-corrected chi connectivity index (χ1v) is 17.5. The number of nitrogens with zero attached hydrogens (tertiary/aromatic N) is 8. The zero-order valence-corrected chi connectivity index (χ0v) is 27.8. The van der Waals surface area contributed by atoms with E-state index in [9.17, 15) is 35.5 Å². The summed E-state index contributed by atoms with van der Waals surface area (Å²) < 4.78 is 70.3. The summed E-state index contributed by atoms with van der Waals surface area (Å²) in [6, 6.07) is 21.8. The summed E-state index contributed by atoms with van der Waals surface area (Å²) in [6.45, 7) is 3.16. The van der Waals surface area contributed by atoms with Gasteiger partial charge in [0.1, 0.15) is 9.79 Å². The van der Waals surface area contributed by atoms with E-state index in [0.29, 0.717) is 22.8 Å². The molecule has 254 valence electrons. The quantitative estimate of drug-likeness (QED) is 0.164. The zero-order chi connectivity index (χ0) is 35.8. The van der Waals surface area contributed by atoms with Crippen LogP contribution in [0, 0.1) is 0 Å². The van der Waals surface area contributed by atoms with Crippen LogP contribution in [0.1, 0.15) is 13.8 Å². The summed E-state index contributed by atoms with van der Waals surface area (Å²) in [4.78, 5) is 24.5. The van der Waals surface area contributed by atoms with E-state index in [0.717, 1.165) is 24.3 Å². The van der Waals surface area contributed by atoms with E-state index in [-0.39, 0.29) is 22.5 Å². The molecule has 2 unspecified atom stereocenters. The van der Waals surface area contributed by atoms with E-state index >= 15 is 0 Å². The summed E-state index contributed by atoms with van der Waals surface area (Å²) in [5.41, 5.74) is 0.888. The maximum atomic E-state index is 13.0. The Balaban J connectivity index is 1.30. The fourth-order valence-electron chi connectivity index (χ4n) is 5.15. The fourth-order valence-corrected chi connectivity index (χ4v) is 6.60. The lowest BCUT2D eigenvalue weighted by Crippen LogP contribution is -2.29. The van der Waals surface area contributed by atoms with Gasteiger partial charge in [-0.2, -0.15) is 57.5 Å². The first-order chi connectivity index (χ1) is 23.7. The molecule has 0 radical (unpaired) electrons. The van der Waals surface area contributed by atoms with E-state index in [1.54, 1.807) is 74.5 Å². The van der Waals surface area contributed by atoms with Crippen LogP contribution in [-0.4, -0.2) is 61.3 Å². The lowest BCUT2D eigenvalue weighted by molar-refractivity contribution is -0.118. The summed E-state index contributed by atoms with van der Waals surface area (Å²) in [7, 11) is -10.0. The normalized spacial score (nSPS) is 18.4. The van der Waals surface area contributed by atoms with Crippen LogP contribution < -0.4 is 10.0 Å². The molecule has 2 heterocycles. The van der Waals surface area contributed by atoms with Gasteiger partial charge in [-0.25, -0.2) is 0 Å². The van der Waals surface area contributed by atoms with Crippen LogP contribution in [0.25, 0.3) is 11.1 Å². The second-order valence-corrected chi connectivity index (χ2v) is 13.8. The van der Waals surface area contributed by atoms with Gasteiger partial charge in [-0.3, -0.25) is 18.7 Å². The molecule has 2 atom stereocenters. The van der Waals surface area contributed by atoms with Crippen molar-refractivity contribution < 1.29 is 35.5 Å². The highest BCUT2D eigenvalue weighted by Crippen LogP contribution is 2.37. The van der Waals surface area contributed by atoms with Crippen molar-refractivity contribution in [3.05, 3.63) is 97.1 Å². The minimum absolute atomic E-state index is 0.0956. The van der Waals surface area contributed by atoms with Crippen LogP contribution >= 0.6 is 0 Å². The smallest absolute Gasteiger partial charge is 0.282 e. The number of carbonyl (C=O) groups is 2. The molecule has 0 aromatic heterocycles. The maximum absolute atomic E-state index is 13.0. The van der Waals surface area contributed by atoms with Gasteiger partial charge in [0.15, 0.2) is 12.1 Å². The second-order valence-electron chi connectivity index (χ2n) is 11.0. The highest BCUT2D eigenvalue weighted by Gasteiger charge is 2.36. The molecule has 0 saturated carbocycles. The van der Waals surface area contributed by atoms with E-state index in [1.807, 2.05) is 0 Å². The fraction of sp³-hybridized carbons (Fsp3) is 0.125. The van der Waals surface area contributed by atoms with E-state index < -0.39 is 53.9 Å². The molecule has 18 heteroatoms. The van der Waals surface area contributed by atoms with Crippen molar-refractivity contribution in [1.82, 2.24) is 0 Å². The molecule has 6 rings (SSSR count). The molecule has 50 heavy (non-hydrogen) atoms. The molecule has 0 fully saturated rings. The Bertz CT molecular complexity index is 2200. The molecule has 4 aromatic carbocycles. The third kappa shape index (κ3) is 6.85. The Labute approximate surface area is 285 Å². The van der Waals surface area contributed by atoms with Gasteiger partial charge in [0, 0.05) is 11.1 Å². The first-order valence-electron chi connectivity index (χ1n) is 14.7. The molecule has 16 nitrogen and oxygen atoms in total. The minimum Gasteiger partial charge on any atom is -0.282 e. The van der Waals surface area contributed by atoms with Crippen LogP contribution in [0.4, 0.5) is 22.7 Å². The predicted molar refractivity (Wildman–Crippen MR) is 182 cm³/mol.